The highest BCUT2D eigenvalue weighted by Crippen LogP contribution is 2.21. The summed E-state index contributed by atoms with van der Waals surface area (Å²) in [6.07, 6.45) is 0. The van der Waals surface area contributed by atoms with E-state index in [2.05, 4.69) is 5.32 Å². The summed E-state index contributed by atoms with van der Waals surface area (Å²) in [5.41, 5.74) is 0.737. The van der Waals surface area contributed by atoms with Crippen LogP contribution in [-0.2, 0) is 21.4 Å². The normalized spacial score (nSPS) is 11.1. The molecule has 0 aliphatic heterocycles. The first-order valence-electron chi connectivity index (χ1n) is 7.37. The fourth-order valence-corrected chi connectivity index (χ4v) is 3.83. The maximum Gasteiger partial charge on any atom is 0.243 e. The van der Waals surface area contributed by atoms with Crippen molar-refractivity contribution in [2.24, 2.45) is 0 Å². The lowest BCUT2D eigenvalue weighted by Gasteiger charge is -2.22. The smallest absolute Gasteiger partial charge is 0.243 e. The maximum atomic E-state index is 12.9. The van der Waals surface area contributed by atoms with Gasteiger partial charge in [-0.25, -0.2) is 8.42 Å². The number of sulfonamides is 1. The van der Waals surface area contributed by atoms with Crippen LogP contribution < -0.4 is 5.32 Å². The van der Waals surface area contributed by atoms with Crippen molar-refractivity contribution in [3.63, 3.8) is 0 Å². The van der Waals surface area contributed by atoms with Gasteiger partial charge in [0, 0.05) is 11.6 Å². The summed E-state index contributed by atoms with van der Waals surface area (Å²) in [5.74, 6) is -0.553. The Hall–Kier alpha value is -2.40. The zero-order chi connectivity index (χ0) is 18.3. The number of carbonyl (C=O) groups excluding carboxylic acids is 1. The van der Waals surface area contributed by atoms with Crippen LogP contribution in [0.1, 0.15) is 5.56 Å². The number of nitrogens with zero attached hydrogens (tertiary/aromatic N) is 2. The monoisotopic (exact) mass is 377 g/mol. The molecule has 1 N–H and O–H groups in total. The molecule has 6 nitrogen and oxygen atoms in total. The van der Waals surface area contributed by atoms with E-state index in [0.29, 0.717) is 0 Å². The van der Waals surface area contributed by atoms with Crippen molar-refractivity contribution in [2.45, 2.75) is 11.4 Å². The Kier molecular flexibility index (Phi) is 6.53. The molecule has 2 aromatic carbocycles. The lowest BCUT2D eigenvalue weighted by Crippen LogP contribution is -2.40. The molecule has 0 fully saturated rings. The maximum absolute atomic E-state index is 12.9. The standard InChI is InChI=1S/C17H16ClN3O3S/c18-15-7-4-8-16(11-15)25(23,24)21(13-17(22)20-10-9-19)12-14-5-2-1-3-6-14/h1-8,11H,10,12-13H2,(H,20,22). The second kappa shape index (κ2) is 8.62. The molecule has 0 saturated carbocycles. The number of rotatable bonds is 7. The molecule has 2 rings (SSSR count). The van der Waals surface area contributed by atoms with E-state index in [1.165, 1.54) is 18.2 Å². The average molecular weight is 378 g/mol. The molecule has 0 atom stereocenters. The molecule has 0 radical (unpaired) electrons. The fourth-order valence-electron chi connectivity index (χ4n) is 2.14. The van der Waals surface area contributed by atoms with Crippen LogP contribution in [0.25, 0.3) is 0 Å². The van der Waals surface area contributed by atoms with E-state index in [9.17, 15) is 13.2 Å². The summed E-state index contributed by atoms with van der Waals surface area (Å²) in [7, 11) is -3.94. The molecule has 0 aliphatic carbocycles. The molecule has 0 spiro atoms. The quantitative estimate of drug-likeness (QED) is 0.749. The number of amides is 1. The van der Waals surface area contributed by atoms with Gasteiger partial charge in [0.05, 0.1) is 17.5 Å². The van der Waals surface area contributed by atoms with Crippen molar-refractivity contribution in [3.8, 4) is 6.07 Å². The summed E-state index contributed by atoms with van der Waals surface area (Å²) < 4.78 is 26.9. The van der Waals surface area contributed by atoms with Gasteiger partial charge in [0.25, 0.3) is 0 Å². The third-order valence-electron chi connectivity index (χ3n) is 3.32. The lowest BCUT2D eigenvalue weighted by molar-refractivity contribution is -0.121. The third-order valence-corrected chi connectivity index (χ3v) is 5.34. The summed E-state index contributed by atoms with van der Waals surface area (Å²) >= 11 is 5.89. The first kappa shape index (κ1) is 18.9. The van der Waals surface area contributed by atoms with E-state index in [1.807, 2.05) is 6.07 Å². The highest BCUT2D eigenvalue weighted by Gasteiger charge is 2.27. The molecule has 0 heterocycles. The average Bonchev–Trinajstić information content (AvgIpc) is 2.60. The van der Waals surface area contributed by atoms with Crippen molar-refractivity contribution in [2.75, 3.05) is 13.1 Å². The largest absolute Gasteiger partial charge is 0.342 e. The second-order valence-corrected chi connectivity index (χ2v) is 7.53. The van der Waals surface area contributed by atoms with Gasteiger partial charge in [0.15, 0.2) is 0 Å². The molecule has 130 valence electrons. The van der Waals surface area contributed by atoms with Gasteiger partial charge in [0.2, 0.25) is 15.9 Å². The Morgan fingerprint density at radius 1 is 1.16 bits per heavy atom. The molecule has 0 aliphatic rings. The minimum absolute atomic E-state index is 0.00372. The van der Waals surface area contributed by atoms with Crippen molar-refractivity contribution in [1.29, 1.82) is 5.26 Å². The topological polar surface area (TPSA) is 90.3 Å². The molecule has 0 aromatic heterocycles. The first-order valence-corrected chi connectivity index (χ1v) is 9.18. The Labute approximate surface area is 151 Å². The van der Waals surface area contributed by atoms with Gasteiger partial charge in [-0.15, -0.1) is 0 Å². The zero-order valence-electron chi connectivity index (χ0n) is 13.2. The Morgan fingerprint density at radius 3 is 2.52 bits per heavy atom. The van der Waals surface area contributed by atoms with Crippen LogP contribution in [0.5, 0.6) is 0 Å². The molecule has 2 aromatic rings. The Balaban J connectivity index is 2.32. The SMILES string of the molecule is N#CCNC(=O)CN(Cc1ccccc1)S(=O)(=O)c1cccc(Cl)c1. The van der Waals surface area contributed by atoms with Gasteiger partial charge in [-0.3, -0.25) is 4.79 Å². The van der Waals surface area contributed by atoms with E-state index in [4.69, 9.17) is 16.9 Å². The predicted molar refractivity (Wildman–Crippen MR) is 94.1 cm³/mol. The van der Waals surface area contributed by atoms with Gasteiger partial charge >= 0.3 is 0 Å². The van der Waals surface area contributed by atoms with Crippen LogP contribution in [0.4, 0.5) is 0 Å². The number of benzene rings is 2. The molecule has 0 unspecified atom stereocenters. The Morgan fingerprint density at radius 2 is 1.88 bits per heavy atom. The van der Waals surface area contributed by atoms with Crippen molar-refractivity contribution >= 4 is 27.5 Å². The van der Waals surface area contributed by atoms with Gasteiger partial charge in [-0.05, 0) is 23.8 Å². The van der Waals surface area contributed by atoms with Crippen molar-refractivity contribution in [3.05, 3.63) is 65.2 Å². The van der Waals surface area contributed by atoms with Crippen LogP contribution in [0, 0.1) is 11.3 Å². The number of halogens is 1. The lowest BCUT2D eigenvalue weighted by atomic mass is 10.2. The van der Waals surface area contributed by atoms with E-state index in [-0.39, 0.29) is 23.0 Å². The van der Waals surface area contributed by atoms with Gasteiger partial charge in [0.1, 0.15) is 6.54 Å². The van der Waals surface area contributed by atoms with Gasteiger partial charge in [-0.1, -0.05) is 48.0 Å². The molecule has 0 saturated heterocycles. The minimum atomic E-state index is -3.94. The highest BCUT2D eigenvalue weighted by atomic mass is 35.5. The molecular weight excluding hydrogens is 362 g/mol. The summed E-state index contributed by atoms with van der Waals surface area (Å²) in [6, 6.07) is 16.6. The van der Waals surface area contributed by atoms with E-state index in [1.54, 1.807) is 36.4 Å². The molecule has 25 heavy (non-hydrogen) atoms. The summed E-state index contributed by atoms with van der Waals surface area (Å²) in [4.78, 5) is 12.0. The number of carbonyl (C=O) groups is 1. The molecular formula is C17H16ClN3O3S. The second-order valence-electron chi connectivity index (χ2n) is 5.15. The zero-order valence-corrected chi connectivity index (χ0v) is 14.8. The van der Waals surface area contributed by atoms with Gasteiger partial charge < -0.3 is 5.32 Å². The van der Waals surface area contributed by atoms with Crippen LogP contribution in [0.3, 0.4) is 0 Å². The van der Waals surface area contributed by atoms with E-state index in [0.717, 1.165) is 9.87 Å². The number of hydrogen-bond donors (Lipinski definition) is 1. The number of nitriles is 1. The van der Waals surface area contributed by atoms with Crippen molar-refractivity contribution in [1.82, 2.24) is 9.62 Å². The Bertz CT molecular complexity index is 880. The molecule has 1 amide bonds. The summed E-state index contributed by atoms with van der Waals surface area (Å²) in [6.45, 7) is -0.559. The molecule has 0 bridgehead atoms. The van der Waals surface area contributed by atoms with Crippen LogP contribution >= 0.6 is 11.6 Å². The number of hydrogen-bond acceptors (Lipinski definition) is 4. The van der Waals surface area contributed by atoms with E-state index < -0.39 is 22.5 Å². The summed E-state index contributed by atoms with van der Waals surface area (Å²) in [5, 5.41) is 11.2. The fraction of sp³-hybridized carbons (Fsp3) is 0.176. The van der Waals surface area contributed by atoms with E-state index >= 15 is 0 Å². The highest BCUT2D eigenvalue weighted by molar-refractivity contribution is 7.89. The van der Waals surface area contributed by atoms with Crippen LogP contribution in [-0.4, -0.2) is 31.7 Å². The third kappa shape index (κ3) is 5.29. The van der Waals surface area contributed by atoms with Crippen molar-refractivity contribution < 1.29 is 13.2 Å². The minimum Gasteiger partial charge on any atom is -0.342 e. The van der Waals surface area contributed by atoms with Crippen LogP contribution in [0.15, 0.2) is 59.5 Å². The van der Waals surface area contributed by atoms with Gasteiger partial charge in [-0.2, -0.15) is 9.57 Å². The first-order chi connectivity index (χ1) is 11.9. The van der Waals surface area contributed by atoms with Crippen LogP contribution in [0.2, 0.25) is 5.02 Å². The number of nitrogens with one attached hydrogen (secondary N) is 1. The predicted octanol–water partition coefficient (Wildman–Crippen LogP) is 2.17. The molecule has 8 heteroatoms.